The lowest BCUT2D eigenvalue weighted by atomic mass is 10.2. The first-order chi connectivity index (χ1) is 13.1. The SMILES string of the molecule is CCCCCn1c(N)[n+](CC(O)COc2ccc(Cl)cc2)c2ccccc21. The summed E-state index contributed by atoms with van der Waals surface area (Å²) in [5, 5.41) is 11.1. The van der Waals surface area contributed by atoms with Crippen LogP contribution in [0.15, 0.2) is 48.5 Å². The normalized spacial score (nSPS) is 12.4. The van der Waals surface area contributed by atoms with Gasteiger partial charge in [0, 0.05) is 5.02 Å². The van der Waals surface area contributed by atoms with E-state index in [1.807, 2.05) is 22.8 Å². The van der Waals surface area contributed by atoms with Crippen LogP contribution >= 0.6 is 11.6 Å². The largest absolute Gasteiger partial charge is 0.491 e. The van der Waals surface area contributed by atoms with Gasteiger partial charge in [0.15, 0.2) is 0 Å². The van der Waals surface area contributed by atoms with E-state index in [2.05, 4.69) is 17.6 Å². The molecule has 5 nitrogen and oxygen atoms in total. The fraction of sp³-hybridized carbons (Fsp3) is 0.381. The third-order valence-corrected chi connectivity index (χ3v) is 4.90. The van der Waals surface area contributed by atoms with Crippen LogP contribution in [0.25, 0.3) is 11.0 Å². The minimum atomic E-state index is -0.678. The van der Waals surface area contributed by atoms with Crippen LogP contribution in [-0.2, 0) is 13.1 Å². The third-order valence-electron chi connectivity index (χ3n) is 4.65. The number of para-hydroxylation sites is 2. The molecule has 2 aromatic carbocycles. The number of nitrogens with zero attached hydrogens (tertiary/aromatic N) is 2. The quantitative estimate of drug-likeness (QED) is 0.433. The van der Waals surface area contributed by atoms with Crippen LogP contribution in [-0.4, -0.2) is 22.4 Å². The number of imidazole rings is 1. The zero-order chi connectivity index (χ0) is 19.2. The number of hydrogen-bond acceptors (Lipinski definition) is 3. The Morgan fingerprint density at radius 3 is 2.63 bits per heavy atom. The molecule has 0 aliphatic carbocycles. The Hall–Kier alpha value is -2.24. The minimum Gasteiger partial charge on any atom is -0.491 e. The number of halogens is 1. The van der Waals surface area contributed by atoms with Gasteiger partial charge in [0.25, 0.3) is 0 Å². The monoisotopic (exact) mass is 388 g/mol. The molecule has 0 aliphatic rings. The minimum absolute atomic E-state index is 0.184. The summed E-state index contributed by atoms with van der Waals surface area (Å²) in [5.74, 6) is 1.34. The molecule has 0 aliphatic heterocycles. The maximum atomic E-state index is 10.5. The van der Waals surface area contributed by atoms with Gasteiger partial charge >= 0.3 is 5.95 Å². The molecule has 1 atom stereocenters. The molecule has 0 saturated heterocycles. The third kappa shape index (κ3) is 4.73. The van der Waals surface area contributed by atoms with Gasteiger partial charge in [-0.05, 0) is 42.8 Å². The number of aliphatic hydroxyl groups is 1. The van der Waals surface area contributed by atoms with Crippen molar-refractivity contribution in [2.24, 2.45) is 0 Å². The van der Waals surface area contributed by atoms with E-state index >= 15 is 0 Å². The van der Waals surface area contributed by atoms with Gasteiger partial charge in [0.05, 0.1) is 6.54 Å². The summed E-state index contributed by atoms with van der Waals surface area (Å²) < 4.78 is 9.77. The number of nitrogen functional groups attached to an aromatic ring is 1. The van der Waals surface area contributed by atoms with Gasteiger partial charge in [0.1, 0.15) is 36.0 Å². The Kier molecular flexibility index (Phi) is 6.58. The Balaban J connectivity index is 1.73. The van der Waals surface area contributed by atoms with Crippen LogP contribution in [0.3, 0.4) is 0 Å². The number of hydrogen-bond donors (Lipinski definition) is 2. The summed E-state index contributed by atoms with van der Waals surface area (Å²) in [5.41, 5.74) is 8.55. The lowest BCUT2D eigenvalue weighted by Gasteiger charge is -2.12. The van der Waals surface area contributed by atoms with Gasteiger partial charge in [-0.2, -0.15) is 0 Å². The molecule has 0 radical (unpaired) electrons. The average Bonchev–Trinajstić information content (AvgIpc) is 2.94. The highest BCUT2D eigenvalue weighted by Crippen LogP contribution is 2.18. The standard InChI is InChI=1S/C21H26ClN3O2/c1-2-3-6-13-24-19-7-4-5-8-20(19)25(21(24)23)14-17(26)15-27-18-11-9-16(22)10-12-18/h4-5,7-12,17,23,26H,2-3,6,13-15H2,1H3/p+1. The van der Waals surface area contributed by atoms with Crippen molar-refractivity contribution in [1.82, 2.24) is 4.57 Å². The molecule has 0 saturated carbocycles. The highest BCUT2D eigenvalue weighted by molar-refractivity contribution is 6.30. The van der Waals surface area contributed by atoms with E-state index in [9.17, 15) is 5.11 Å². The molecular formula is C21H27ClN3O2+. The van der Waals surface area contributed by atoms with Gasteiger partial charge < -0.3 is 9.84 Å². The molecule has 27 heavy (non-hydrogen) atoms. The fourth-order valence-electron chi connectivity index (χ4n) is 3.25. The van der Waals surface area contributed by atoms with E-state index in [-0.39, 0.29) is 6.61 Å². The first-order valence-electron chi connectivity index (χ1n) is 9.43. The van der Waals surface area contributed by atoms with Crippen molar-refractivity contribution in [3.63, 3.8) is 0 Å². The van der Waals surface area contributed by atoms with Crippen LogP contribution in [0.2, 0.25) is 5.02 Å². The van der Waals surface area contributed by atoms with Gasteiger partial charge in [-0.25, -0.2) is 9.13 Å². The van der Waals surface area contributed by atoms with E-state index in [1.165, 1.54) is 12.8 Å². The predicted molar refractivity (Wildman–Crippen MR) is 109 cm³/mol. The summed E-state index contributed by atoms with van der Waals surface area (Å²) >= 11 is 5.88. The lowest BCUT2D eigenvalue weighted by Crippen LogP contribution is -2.43. The molecule has 1 heterocycles. The molecular weight excluding hydrogens is 362 g/mol. The van der Waals surface area contributed by atoms with E-state index in [1.54, 1.807) is 24.3 Å². The highest BCUT2D eigenvalue weighted by Gasteiger charge is 2.22. The van der Waals surface area contributed by atoms with Crippen molar-refractivity contribution in [3.8, 4) is 5.75 Å². The van der Waals surface area contributed by atoms with Crippen molar-refractivity contribution in [2.45, 2.75) is 45.4 Å². The molecule has 3 N–H and O–H groups in total. The Morgan fingerprint density at radius 2 is 1.89 bits per heavy atom. The van der Waals surface area contributed by atoms with Gasteiger partial charge in [0.2, 0.25) is 0 Å². The zero-order valence-electron chi connectivity index (χ0n) is 15.6. The molecule has 1 unspecified atom stereocenters. The molecule has 0 spiro atoms. The molecule has 0 bridgehead atoms. The second kappa shape index (κ2) is 9.11. The van der Waals surface area contributed by atoms with Crippen LogP contribution in [0.4, 0.5) is 5.95 Å². The lowest BCUT2D eigenvalue weighted by molar-refractivity contribution is -0.665. The zero-order valence-corrected chi connectivity index (χ0v) is 16.4. The maximum absolute atomic E-state index is 10.5. The number of rotatable bonds is 9. The van der Waals surface area contributed by atoms with Gasteiger partial charge in [-0.15, -0.1) is 0 Å². The van der Waals surface area contributed by atoms with Crippen LogP contribution in [0.1, 0.15) is 26.2 Å². The van der Waals surface area contributed by atoms with Crippen LogP contribution in [0.5, 0.6) is 5.75 Å². The molecule has 144 valence electrons. The second-order valence-corrected chi connectivity index (χ2v) is 7.17. The smallest absolute Gasteiger partial charge is 0.356 e. The number of aliphatic hydroxyl groups excluding tert-OH is 1. The average molecular weight is 389 g/mol. The molecule has 3 aromatic rings. The Morgan fingerprint density at radius 1 is 1.15 bits per heavy atom. The number of unbranched alkanes of at least 4 members (excludes halogenated alkanes) is 2. The molecule has 0 fully saturated rings. The topological polar surface area (TPSA) is 64.3 Å². The van der Waals surface area contributed by atoms with Crippen LogP contribution in [0, 0.1) is 0 Å². The second-order valence-electron chi connectivity index (χ2n) is 6.74. The van der Waals surface area contributed by atoms with E-state index in [0.29, 0.717) is 23.3 Å². The molecule has 1 aromatic heterocycles. The maximum Gasteiger partial charge on any atom is 0.356 e. The van der Waals surface area contributed by atoms with E-state index < -0.39 is 6.10 Å². The van der Waals surface area contributed by atoms with Crippen molar-refractivity contribution in [3.05, 3.63) is 53.6 Å². The number of nitrogens with two attached hydrogens (primary N) is 1. The number of ether oxygens (including phenoxy) is 1. The van der Waals surface area contributed by atoms with Crippen molar-refractivity contribution in [2.75, 3.05) is 12.3 Å². The van der Waals surface area contributed by atoms with E-state index in [4.69, 9.17) is 22.1 Å². The van der Waals surface area contributed by atoms with Crippen molar-refractivity contribution >= 4 is 28.6 Å². The highest BCUT2D eigenvalue weighted by atomic mass is 35.5. The summed E-state index contributed by atoms with van der Waals surface area (Å²) in [6.45, 7) is 3.63. The number of aryl methyl sites for hydroxylation is 1. The Labute approximate surface area is 164 Å². The summed E-state index contributed by atoms with van der Waals surface area (Å²) in [7, 11) is 0. The number of anilines is 1. The van der Waals surface area contributed by atoms with E-state index in [0.717, 1.165) is 24.0 Å². The number of fused-ring (bicyclic) bond motifs is 1. The molecule has 6 heteroatoms. The molecule has 3 rings (SSSR count). The van der Waals surface area contributed by atoms with Crippen molar-refractivity contribution in [1.29, 1.82) is 0 Å². The van der Waals surface area contributed by atoms with Gasteiger partial charge in [-0.3, -0.25) is 5.73 Å². The van der Waals surface area contributed by atoms with Crippen molar-refractivity contribution < 1.29 is 14.4 Å². The summed E-state index contributed by atoms with van der Waals surface area (Å²) in [6, 6.07) is 15.2. The fourth-order valence-corrected chi connectivity index (χ4v) is 3.37. The first kappa shape index (κ1) is 19.5. The Bertz CT molecular complexity index is 877. The first-order valence-corrected chi connectivity index (χ1v) is 9.81. The summed E-state index contributed by atoms with van der Waals surface area (Å²) in [4.78, 5) is 0. The number of aromatic nitrogens is 2. The number of benzene rings is 2. The summed E-state index contributed by atoms with van der Waals surface area (Å²) in [6.07, 6.45) is 2.74. The molecule has 0 amide bonds. The van der Waals surface area contributed by atoms with Crippen LogP contribution < -0.4 is 15.0 Å². The predicted octanol–water partition coefficient (Wildman–Crippen LogP) is 3.79. The van der Waals surface area contributed by atoms with Gasteiger partial charge in [-0.1, -0.05) is 43.5 Å².